The van der Waals surface area contributed by atoms with Crippen molar-refractivity contribution in [2.75, 3.05) is 19.0 Å². The van der Waals surface area contributed by atoms with Gasteiger partial charge < -0.3 is 19.8 Å². The van der Waals surface area contributed by atoms with E-state index < -0.39 is 0 Å². The van der Waals surface area contributed by atoms with Crippen LogP contribution in [0.3, 0.4) is 0 Å². The van der Waals surface area contributed by atoms with Gasteiger partial charge >= 0.3 is 0 Å². The number of rotatable bonds is 6. The molecule has 8 heteroatoms. The number of nitrogens with zero attached hydrogens (tertiary/aromatic N) is 1. The molecule has 1 aliphatic carbocycles. The Morgan fingerprint density at radius 2 is 1.91 bits per heavy atom. The number of benzene rings is 2. The molecule has 0 bridgehead atoms. The summed E-state index contributed by atoms with van der Waals surface area (Å²) in [7, 11) is 1.53. The van der Waals surface area contributed by atoms with E-state index in [1.54, 1.807) is 29.5 Å². The maximum Gasteiger partial charge on any atom is 0.262 e. The summed E-state index contributed by atoms with van der Waals surface area (Å²) in [6.45, 7) is -0.160. The van der Waals surface area contributed by atoms with Gasteiger partial charge in [-0.1, -0.05) is 24.6 Å². The minimum atomic E-state index is -0.272. The fraction of sp³-hybridized carbons (Fsp3) is 0.269. The minimum Gasteiger partial charge on any atom is -0.493 e. The molecule has 0 spiro atoms. The van der Waals surface area contributed by atoms with Crippen molar-refractivity contribution in [2.24, 2.45) is 0 Å². The summed E-state index contributed by atoms with van der Waals surface area (Å²) in [5, 5.41) is 3.52. The number of aryl methyl sites for hydroxylation is 2. The molecule has 0 atom stereocenters. The van der Waals surface area contributed by atoms with Crippen LogP contribution in [-0.4, -0.2) is 29.6 Å². The molecule has 34 heavy (non-hydrogen) atoms. The van der Waals surface area contributed by atoms with Crippen LogP contribution in [0.25, 0.3) is 21.6 Å². The predicted octanol–water partition coefficient (Wildman–Crippen LogP) is 4.95. The molecule has 2 N–H and O–H groups in total. The van der Waals surface area contributed by atoms with E-state index in [2.05, 4.69) is 10.3 Å². The first-order chi connectivity index (χ1) is 16.6. The third-order valence-electron chi connectivity index (χ3n) is 5.93. The molecule has 2 aromatic carbocycles. The van der Waals surface area contributed by atoms with E-state index in [0.717, 1.165) is 35.9 Å². The Labute approximate surface area is 200 Å². The molecule has 0 aliphatic heterocycles. The Morgan fingerprint density at radius 1 is 1.09 bits per heavy atom. The number of hydrogen-bond acceptors (Lipinski definition) is 6. The van der Waals surface area contributed by atoms with Crippen LogP contribution in [0.2, 0.25) is 0 Å². The number of methoxy groups -OCH3 is 1. The molecular formula is C26H25N3O4S. The SMILES string of the molecule is COc1cc(-c2nc3sc4c(c3c(=O)[nH]2)CCCCC4)ccc1OCC(=O)Nc1ccccc1. The lowest BCUT2D eigenvalue weighted by Crippen LogP contribution is -2.20. The first-order valence-corrected chi connectivity index (χ1v) is 12.1. The van der Waals surface area contributed by atoms with Crippen LogP contribution in [-0.2, 0) is 17.6 Å². The number of para-hydroxylation sites is 1. The molecule has 1 aliphatic rings. The zero-order valence-electron chi connectivity index (χ0n) is 18.8. The molecule has 2 aromatic heterocycles. The topological polar surface area (TPSA) is 93.3 Å². The summed E-state index contributed by atoms with van der Waals surface area (Å²) in [5.41, 5.74) is 2.49. The predicted molar refractivity (Wildman–Crippen MR) is 134 cm³/mol. The van der Waals surface area contributed by atoms with E-state index in [4.69, 9.17) is 14.5 Å². The van der Waals surface area contributed by atoms with Gasteiger partial charge in [-0.15, -0.1) is 11.3 Å². The van der Waals surface area contributed by atoms with Crippen molar-refractivity contribution in [3.63, 3.8) is 0 Å². The van der Waals surface area contributed by atoms with Crippen molar-refractivity contribution in [1.82, 2.24) is 9.97 Å². The molecule has 0 fully saturated rings. The molecular weight excluding hydrogens is 450 g/mol. The summed E-state index contributed by atoms with van der Waals surface area (Å²) < 4.78 is 11.2. The molecule has 1 amide bonds. The van der Waals surface area contributed by atoms with Crippen molar-refractivity contribution in [3.8, 4) is 22.9 Å². The van der Waals surface area contributed by atoms with Gasteiger partial charge in [0.1, 0.15) is 10.7 Å². The number of aromatic amines is 1. The highest BCUT2D eigenvalue weighted by Gasteiger charge is 2.20. The number of aromatic nitrogens is 2. The normalized spacial score (nSPS) is 13.2. The summed E-state index contributed by atoms with van der Waals surface area (Å²) in [5.74, 6) is 1.10. The van der Waals surface area contributed by atoms with Crippen LogP contribution >= 0.6 is 11.3 Å². The maximum atomic E-state index is 13.0. The maximum absolute atomic E-state index is 13.0. The van der Waals surface area contributed by atoms with Crippen molar-refractivity contribution in [1.29, 1.82) is 0 Å². The van der Waals surface area contributed by atoms with Gasteiger partial charge in [-0.05, 0) is 61.6 Å². The number of anilines is 1. The second kappa shape index (κ2) is 9.69. The molecule has 174 valence electrons. The lowest BCUT2D eigenvalue weighted by atomic mass is 10.1. The van der Waals surface area contributed by atoms with E-state index >= 15 is 0 Å². The van der Waals surface area contributed by atoms with Gasteiger partial charge in [0.25, 0.3) is 11.5 Å². The second-order valence-electron chi connectivity index (χ2n) is 8.23. The Bertz CT molecular complexity index is 1390. The van der Waals surface area contributed by atoms with Crippen molar-refractivity contribution in [3.05, 3.63) is 69.3 Å². The number of ether oxygens (including phenoxy) is 2. The average molecular weight is 476 g/mol. The van der Waals surface area contributed by atoms with Crippen LogP contribution < -0.4 is 20.3 Å². The van der Waals surface area contributed by atoms with Gasteiger partial charge in [0.15, 0.2) is 18.1 Å². The van der Waals surface area contributed by atoms with Crippen molar-refractivity contribution >= 4 is 33.1 Å². The number of H-pyrrole nitrogens is 1. The molecule has 2 heterocycles. The fourth-order valence-electron chi connectivity index (χ4n) is 4.27. The van der Waals surface area contributed by atoms with Crippen LogP contribution in [0, 0.1) is 0 Å². The Balaban J connectivity index is 1.37. The third-order valence-corrected chi connectivity index (χ3v) is 7.11. The quantitative estimate of drug-likeness (QED) is 0.385. The highest BCUT2D eigenvalue weighted by molar-refractivity contribution is 7.18. The zero-order valence-corrected chi connectivity index (χ0v) is 19.7. The van der Waals surface area contributed by atoms with E-state index in [1.165, 1.54) is 24.0 Å². The summed E-state index contributed by atoms with van der Waals surface area (Å²) in [6.07, 6.45) is 5.43. The number of nitrogens with one attached hydrogen (secondary N) is 2. The minimum absolute atomic E-state index is 0.101. The average Bonchev–Trinajstić information content (AvgIpc) is 3.05. The van der Waals surface area contributed by atoms with Gasteiger partial charge in [-0.3, -0.25) is 9.59 Å². The number of hydrogen-bond donors (Lipinski definition) is 2. The van der Waals surface area contributed by atoms with Gasteiger partial charge in [-0.25, -0.2) is 4.98 Å². The standard InChI is InChI=1S/C26H25N3O4S/c1-32-20-14-16(12-13-19(20)33-15-22(30)27-17-8-4-2-5-9-17)24-28-25(31)23-18-10-6-3-7-11-21(18)34-26(23)29-24/h2,4-5,8-9,12-14H,3,6-7,10-11,15H2,1H3,(H,27,30)(H,28,29,31). The molecule has 0 saturated carbocycles. The Hall–Kier alpha value is -3.65. The lowest BCUT2D eigenvalue weighted by Gasteiger charge is -2.12. The number of amides is 1. The van der Waals surface area contributed by atoms with Crippen molar-refractivity contribution in [2.45, 2.75) is 32.1 Å². The van der Waals surface area contributed by atoms with E-state index in [-0.39, 0.29) is 18.1 Å². The first-order valence-electron chi connectivity index (χ1n) is 11.3. The van der Waals surface area contributed by atoms with Crippen LogP contribution in [0.15, 0.2) is 53.3 Å². The molecule has 0 unspecified atom stereocenters. The number of thiophene rings is 1. The molecule has 5 rings (SSSR count). The first kappa shape index (κ1) is 22.2. The van der Waals surface area contributed by atoms with E-state index in [1.807, 2.05) is 30.3 Å². The molecule has 4 aromatic rings. The van der Waals surface area contributed by atoms with Gasteiger partial charge in [0, 0.05) is 16.1 Å². The van der Waals surface area contributed by atoms with Gasteiger partial charge in [-0.2, -0.15) is 0 Å². The van der Waals surface area contributed by atoms with Gasteiger partial charge in [0.2, 0.25) is 0 Å². The highest BCUT2D eigenvalue weighted by Crippen LogP contribution is 2.35. The van der Waals surface area contributed by atoms with Crippen LogP contribution in [0.5, 0.6) is 11.5 Å². The number of fused-ring (bicyclic) bond motifs is 3. The summed E-state index contributed by atoms with van der Waals surface area (Å²) in [4.78, 5) is 35.0. The zero-order chi connectivity index (χ0) is 23.5. The molecule has 0 saturated heterocycles. The third kappa shape index (κ3) is 4.54. The van der Waals surface area contributed by atoms with Crippen molar-refractivity contribution < 1.29 is 14.3 Å². The summed E-state index contributed by atoms with van der Waals surface area (Å²) in [6, 6.07) is 14.5. The fourth-order valence-corrected chi connectivity index (χ4v) is 5.54. The Kier molecular flexibility index (Phi) is 6.31. The number of carbonyl (C=O) groups is 1. The summed E-state index contributed by atoms with van der Waals surface area (Å²) >= 11 is 1.63. The van der Waals surface area contributed by atoms with Gasteiger partial charge in [0.05, 0.1) is 12.5 Å². The smallest absolute Gasteiger partial charge is 0.262 e. The van der Waals surface area contributed by atoms with Crippen LogP contribution in [0.1, 0.15) is 29.7 Å². The number of carbonyl (C=O) groups excluding carboxylic acids is 1. The second-order valence-corrected chi connectivity index (χ2v) is 9.31. The lowest BCUT2D eigenvalue weighted by molar-refractivity contribution is -0.118. The Morgan fingerprint density at radius 3 is 2.74 bits per heavy atom. The van der Waals surface area contributed by atoms with Crippen LogP contribution in [0.4, 0.5) is 5.69 Å². The largest absolute Gasteiger partial charge is 0.493 e. The molecule has 7 nitrogen and oxygen atoms in total. The molecule has 0 radical (unpaired) electrons. The van der Waals surface area contributed by atoms with E-state index in [9.17, 15) is 9.59 Å². The monoisotopic (exact) mass is 475 g/mol. The van der Waals surface area contributed by atoms with E-state index in [0.29, 0.717) is 28.6 Å². The highest BCUT2D eigenvalue weighted by atomic mass is 32.1.